The molecule has 0 saturated heterocycles. The molecule has 2 nitrogen and oxygen atoms in total. The van der Waals surface area contributed by atoms with E-state index in [2.05, 4.69) is 49.3 Å². The molecule has 0 saturated carbocycles. The van der Waals surface area contributed by atoms with Crippen molar-refractivity contribution in [3.05, 3.63) is 56.9 Å². The zero-order valence-electron chi connectivity index (χ0n) is 8.54. The molecule has 0 radical (unpaired) electrons. The summed E-state index contributed by atoms with van der Waals surface area (Å²) in [6.07, 6.45) is 0. The highest BCUT2D eigenvalue weighted by Gasteiger charge is 1.98. The molecule has 0 fully saturated rings. The molecular formula is C12H11Br2NO. The third kappa shape index (κ3) is 3.47. The molecule has 0 bridgehead atoms. The highest BCUT2D eigenvalue weighted by molar-refractivity contribution is 9.10. The Bertz CT molecular complexity index is 450. The van der Waals surface area contributed by atoms with Gasteiger partial charge >= 0.3 is 0 Å². The quantitative estimate of drug-likeness (QED) is 0.903. The standard InChI is InChI=1S/C12H11Br2NO/c13-10-3-1-9(2-4-10)7-15-8-11-5-6-12(14)16-11/h1-6,15H,7-8H2. The second-order valence-corrected chi connectivity index (χ2v) is 5.13. The molecule has 1 N–H and O–H groups in total. The number of nitrogens with one attached hydrogen (secondary N) is 1. The van der Waals surface area contributed by atoms with Gasteiger partial charge in [0.15, 0.2) is 4.67 Å². The van der Waals surface area contributed by atoms with E-state index in [-0.39, 0.29) is 0 Å². The highest BCUT2D eigenvalue weighted by atomic mass is 79.9. The monoisotopic (exact) mass is 343 g/mol. The van der Waals surface area contributed by atoms with Gasteiger partial charge in [-0.1, -0.05) is 28.1 Å². The van der Waals surface area contributed by atoms with E-state index in [1.54, 1.807) is 0 Å². The molecule has 0 spiro atoms. The molecule has 16 heavy (non-hydrogen) atoms. The van der Waals surface area contributed by atoms with Crippen LogP contribution in [-0.4, -0.2) is 0 Å². The van der Waals surface area contributed by atoms with Crippen LogP contribution in [0.3, 0.4) is 0 Å². The van der Waals surface area contributed by atoms with Crippen molar-refractivity contribution in [1.82, 2.24) is 5.32 Å². The second kappa shape index (κ2) is 5.66. The fourth-order valence-electron chi connectivity index (χ4n) is 1.38. The number of halogens is 2. The Morgan fingerprint density at radius 1 is 0.938 bits per heavy atom. The first-order chi connectivity index (χ1) is 7.74. The van der Waals surface area contributed by atoms with Crippen LogP contribution in [0.2, 0.25) is 0 Å². The summed E-state index contributed by atoms with van der Waals surface area (Å²) in [5, 5.41) is 3.32. The maximum atomic E-state index is 5.39. The smallest absolute Gasteiger partial charge is 0.169 e. The Kier molecular flexibility index (Phi) is 4.21. The summed E-state index contributed by atoms with van der Waals surface area (Å²) >= 11 is 6.69. The highest BCUT2D eigenvalue weighted by Crippen LogP contribution is 2.14. The van der Waals surface area contributed by atoms with Gasteiger partial charge in [0, 0.05) is 11.0 Å². The van der Waals surface area contributed by atoms with Crippen molar-refractivity contribution >= 4 is 31.9 Å². The molecule has 0 aliphatic heterocycles. The van der Waals surface area contributed by atoms with E-state index in [1.807, 2.05) is 24.3 Å². The van der Waals surface area contributed by atoms with Crippen LogP contribution in [0.4, 0.5) is 0 Å². The maximum absolute atomic E-state index is 5.39. The van der Waals surface area contributed by atoms with Crippen LogP contribution in [0, 0.1) is 0 Å². The molecule has 1 aromatic heterocycles. The van der Waals surface area contributed by atoms with Gasteiger partial charge in [0.05, 0.1) is 6.54 Å². The van der Waals surface area contributed by atoms with Crippen molar-refractivity contribution in [3.8, 4) is 0 Å². The van der Waals surface area contributed by atoms with Crippen molar-refractivity contribution in [2.45, 2.75) is 13.1 Å². The molecule has 0 amide bonds. The van der Waals surface area contributed by atoms with Gasteiger partial charge in [-0.2, -0.15) is 0 Å². The minimum Gasteiger partial charge on any atom is -0.453 e. The summed E-state index contributed by atoms with van der Waals surface area (Å²) in [7, 11) is 0. The summed E-state index contributed by atoms with van der Waals surface area (Å²) in [6, 6.07) is 12.1. The predicted molar refractivity (Wildman–Crippen MR) is 71.1 cm³/mol. The van der Waals surface area contributed by atoms with Gasteiger partial charge in [-0.25, -0.2) is 0 Å². The average molecular weight is 345 g/mol. The van der Waals surface area contributed by atoms with Gasteiger partial charge in [-0.05, 0) is 45.8 Å². The van der Waals surface area contributed by atoms with E-state index in [4.69, 9.17) is 4.42 Å². The molecule has 2 rings (SSSR count). The van der Waals surface area contributed by atoms with Gasteiger partial charge in [0.25, 0.3) is 0 Å². The Morgan fingerprint density at radius 3 is 2.31 bits per heavy atom. The van der Waals surface area contributed by atoms with E-state index < -0.39 is 0 Å². The van der Waals surface area contributed by atoms with Crippen LogP contribution >= 0.6 is 31.9 Å². The zero-order valence-corrected chi connectivity index (χ0v) is 11.7. The van der Waals surface area contributed by atoms with Crippen molar-refractivity contribution in [2.24, 2.45) is 0 Å². The third-order valence-corrected chi connectivity index (χ3v) is 3.13. The summed E-state index contributed by atoms with van der Waals surface area (Å²) in [6.45, 7) is 1.58. The Labute approximate surface area is 111 Å². The summed E-state index contributed by atoms with van der Waals surface area (Å²) in [4.78, 5) is 0. The van der Waals surface area contributed by atoms with Gasteiger partial charge in [-0.15, -0.1) is 0 Å². The summed E-state index contributed by atoms with van der Waals surface area (Å²) < 4.78 is 7.26. The van der Waals surface area contributed by atoms with Gasteiger partial charge in [-0.3, -0.25) is 0 Å². The molecular weight excluding hydrogens is 334 g/mol. The van der Waals surface area contributed by atoms with Crippen LogP contribution < -0.4 is 5.32 Å². The Hall–Kier alpha value is -0.580. The molecule has 0 unspecified atom stereocenters. The van der Waals surface area contributed by atoms with Crippen LogP contribution in [-0.2, 0) is 13.1 Å². The summed E-state index contributed by atoms with van der Waals surface area (Å²) in [5.74, 6) is 0.934. The fourth-order valence-corrected chi connectivity index (χ4v) is 1.98. The van der Waals surface area contributed by atoms with E-state index in [9.17, 15) is 0 Å². The topological polar surface area (TPSA) is 25.2 Å². The third-order valence-electron chi connectivity index (χ3n) is 2.17. The maximum Gasteiger partial charge on any atom is 0.169 e. The molecule has 84 valence electrons. The largest absolute Gasteiger partial charge is 0.453 e. The second-order valence-electron chi connectivity index (χ2n) is 3.44. The normalized spacial score (nSPS) is 10.6. The summed E-state index contributed by atoms with van der Waals surface area (Å²) in [5.41, 5.74) is 1.26. The number of hydrogen-bond donors (Lipinski definition) is 1. The fraction of sp³-hybridized carbons (Fsp3) is 0.167. The molecule has 0 aliphatic carbocycles. The lowest BCUT2D eigenvalue weighted by atomic mass is 10.2. The van der Waals surface area contributed by atoms with Gasteiger partial charge in [0.1, 0.15) is 5.76 Å². The van der Waals surface area contributed by atoms with Crippen molar-refractivity contribution in [1.29, 1.82) is 0 Å². The minimum absolute atomic E-state index is 0.738. The van der Waals surface area contributed by atoms with Crippen molar-refractivity contribution in [3.63, 3.8) is 0 Å². The first-order valence-corrected chi connectivity index (χ1v) is 6.52. The zero-order chi connectivity index (χ0) is 11.4. The number of furan rings is 1. The van der Waals surface area contributed by atoms with E-state index in [1.165, 1.54) is 5.56 Å². The SMILES string of the molecule is Brc1ccc(CNCc2ccc(Br)o2)cc1. The van der Waals surface area contributed by atoms with Crippen LogP contribution in [0.5, 0.6) is 0 Å². The number of hydrogen-bond acceptors (Lipinski definition) is 2. The average Bonchev–Trinajstić information content (AvgIpc) is 2.67. The lowest BCUT2D eigenvalue weighted by molar-refractivity contribution is 0.465. The van der Waals surface area contributed by atoms with E-state index in [0.29, 0.717) is 0 Å². The van der Waals surface area contributed by atoms with Crippen LogP contribution in [0.15, 0.2) is 50.0 Å². The van der Waals surface area contributed by atoms with Gasteiger partial charge in [0.2, 0.25) is 0 Å². The Balaban J connectivity index is 1.82. The first-order valence-electron chi connectivity index (χ1n) is 4.93. The minimum atomic E-state index is 0.738. The molecule has 0 atom stereocenters. The van der Waals surface area contributed by atoms with E-state index >= 15 is 0 Å². The number of benzene rings is 1. The van der Waals surface area contributed by atoms with Crippen molar-refractivity contribution < 1.29 is 4.42 Å². The molecule has 4 heteroatoms. The molecule has 0 aliphatic rings. The number of rotatable bonds is 4. The molecule has 1 aromatic carbocycles. The van der Waals surface area contributed by atoms with Crippen LogP contribution in [0.25, 0.3) is 0 Å². The lowest BCUT2D eigenvalue weighted by Crippen LogP contribution is -2.11. The van der Waals surface area contributed by atoms with Crippen LogP contribution in [0.1, 0.15) is 11.3 Å². The predicted octanol–water partition coefficient (Wildman–Crippen LogP) is 4.09. The molecule has 2 aromatic rings. The Morgan fingerprint density at radius 2 is 1.69 bits per heavy atom. The van der Waals surface area contributed by atoms with Crippen molar-refractivity contribution in [2.75, 3.05) is 0 Å². The first kappa shape index (κ1) is 11.9. The molecule has 1 heterocycles. The van der Waals surface area contributed by atoms with Gasteiger partial charge < -0.3 is 9.73 Å². The van der Waals surface area contributed by atoms with E-state index in [0.717, 1.165) is 28.0 Å². The lowest BCUT2D eigenvalue weighted by Gasteiger charge is -2.03.